The van der Waals surface area contributed by atoms with E-state index >= 15 is 0 Å². The molecule has 2 bridgehead atoms. The molecule has 4 atom stereocenters. The van der Waals surface area contributed by atoms with E-state index in [4.69, 9.17) is 10.5 Å². The van der Waals surface area contributed by atoms with Crippen molar-refractivity contribution in [2.45, 2.75) is 25.3 Å². The number of hydrogen-bond donors (Lipinski definition) is 2. The van der Waals surface area contributed by atoms with Crippen molar-refractivity contribution < 1.29 is 9.53 Å². The minimum absolute atomic E-state index is 0.00194. The third-order valence-corrected chi connectivity index (χ3v) is 5.53. The van der Waals surface area contributed by atoms with E-state index in [1.54, 1.807) is 25.3 Å². The van der Waals surface area contributed by atoms with Gasteiger partial charge in [0.15, 0.2) is 0 Å². The van der Waals surface area contributed by atoms with Crippen LogP contribution in [0.5, 0.6) is 5.75 Å². The zero-order valence-corrected chi connectivity index (χ0v) is 11.6. The SMILES string of the molecule is COc1cc(C(=O)NC2C3C4CCC(C4)C23)ccc1N. The molecular formula is C16H20N2O2. The van der Waals surface area contributed by atoms with E-state index in [0.29, 0.717) is 23.0 Å². The van der Waals surface area contributed by atoms with Crippen molar-refractivity contribution in [2.75, 3.05) is 12.8 Å². The molecule has 20 heavy (non-hydrogen) atoms. The number of hydrogen-bond acceptors (Lipinski definition) is 3. The number of amides is 1. The molecule has 4 unspecified atom stereocenters. The molecule has 0 aromatic heterocycles. The first-order valence-electron chi connectivity index (χ1n) is 7.43. The molecule has 3 aliphatic rings. The van der Waals surface area contributed by atoms with Gasteiger partial charge < -0.3 is 15.8 Å². The summed E-state index contributed by atoms with van der Waals surface area (Å²) in [7, 11) is 1.57. The van der Waals surface area contributed by atoms with Crippen LogP contribution in [-0.4, -0.2) is 19.1 Å². The van der Waals surface area contributed by atoms with E-state index in [0.717, 1.165) is 23.7 Å². The molecule has 0 spiro atoms. The van der Waals surface area contributed by atoms with Crippen molar-refractivity contribution in [3.63, 3.8) is 0 Å². The lowest BCUT2D eigenvalue weighted by Gasteiger charge is -2.12. The first-order valence-corrected chi connectivity index (χ1v) is 7.43. The van der Waals surface area contributed by atoms with Gasteiger partial charge in [-0.3, -0.25) is 4.79 Å². The van der Waals surface area contributed by atoms with Crippen molar-refractivity contribution in [1.29, 1.82) is 0 Å². The highest BCUT2D eigenvalue weighted by molar-refractivity contribution is 5.95. The van der Waals surface area contributed by atoms with Gasteiger partial charge in [0.25, 0.3) is 5.91 Å². The molecule has 4 heteroatoms. The molecule has 0 heterocycles. The van der Waals surface area contributed by atoms with E-state index in [2.05, 4.69) is 5.32 Å². The predicted octanol–water partition coefficient (Wildman–Crippen LogP) is 2.05. The summed E-state index contributed by atoms with van der Waals surface area (Å²) < 4.78 is 5.17. The summed E-state index contributed by atoms with van der Waals surface area (Å²) in [5.41, 5.74) is 6.97. The average Bonchev–Trinajstić information content (AvgIpc) is 2.85. The number of methoxy groups -OCH3 is 1. The highest BCUT2D eigenvalue weighted by atomic mass is 16.5. The Labute approximate surface area is 118 Å². The van der Waals surface area contributed by atoms with Gasteiger partial charge in [-0.2, -0.15) is 0 Å². The summed E-state index contributed by atoms with van der Waals surface area (Å²) in [6.07, 6.45) is 4.14. The molecule has 4 rings (SSSR count). The summed E-state index contributed by atoms with van der Waals surface area (Å²) in [6, 6.07) is 5.63. The van der Waals surface area contributed by atoms with Crippen LogP contribution >= 0.6 is 0 Å². The number of nitrogens with one attached hydrogen (secondary N) is 1. The molecule has 106 valence electrons. The van der Waals surface area contributed by atoms with Gasteiger partial charge in [0.05, 0.1) is 12.8 Å². The van der Waals surface area contributed by atoms with E-state index in [-0.39, 0.29) is 5.91 Å². The normalized spacial score (nSPS) is 36.5. The number of nitrogen functional groups attached to an aromatic ring is 1. The first kappa shape index (κ1) is 12.1. The quantitative estimate of drug-likeness (QED) is 0.828. The van der Waals surface area contributed by atoms with Gasteiger partial charge in [0.1, 0.15) is 5.75 Å². The summed E-state index contributed by atoms with van der Waals surface area (Å²) in [6.45, 7) is 0. The van der Waals surface area contributed by atoms with Gasteiger partial charge >= 0.3 is 0 Å². The zero-order valence-electron chi connectivity index (χ0n) is 11.6. The number of rotatable bonds is 3. The van der Waals surface area contributed by atoms with Gasteiger partial charge in [-0.05, 0) is 61.1 Å². The number of carbonyl (C=O) groups is 1. The second kappa shape index (κ2) is 4.14. The topological polar surface area (TPSA) is 64.3 Å². The Kier molecular flexibility index (Phi) is 2.50. The van der Waals surface area contributed by atoms with Crippen LogP contribution in [0.15, 0.2) is 18.2 Å². The molecule has 3 fully saturated rings. The van der Waals surface area contributed by atoms with Crippen LogP contribution in [0, 0.1) is 23.7 Å². The molecule has 1 aromatic rings. The molecule has 0 radical (unpaired) electrons. The maximum atomic E-state index is 12.3. The Morgan fingerprint density at radius 1 is 1.30 bits per heavy atom. The summed E-state index contributed by atoms with van der Waals surface area (Å²) in [5.74, 6) is 3.82. The van der Waals surface area contributed by atoms with Crippen LogP contribution in [0.2, 0.25) is 0 Å². The number of nitrogens with two attached hydrogens (primary N) is 1. The maximum Gasteiger partial charge on any atom is 0.251 e. The van der Waals surface area contributed by atoms with Crippen LogP contribution < -0.4 is 15.8 Å². The van der Waals surface area contributed by atoms with Crippen LogP contribution in [0.4, 0.5) is 5.69 Å². The average molecular weight is 272 g/mol. The van der Waals surface area contributed by atoms with Gasteiger partial charge in [-0.15, -0.1) is 0 Å². The summed E-state index contributed by atoms with van der Waals surface area (Å²) >= 11 is 0. The van der Waals surface area contributed by atoms with Crippen molar-refractivity contribution in [3.05, 3.63) is 23.8 Å². The molecule has 3 saturated carbocycles. The minimum atomic E-state index is 0.00194. The smallest absolute Gasteiger partial charge is 0.251 e. The van der Waals surface area contributed by atoms with Crippen LogP contribution in [0.1, 0.15) is 29.6 Å². The number of fused-ring (bicyclic) bond motifs is 5. The van der Waals surface area contributed by atoms with E-state index in [1.807, 2.05) is 0 Å². The monoisotopic (exact) mass is 272 g/mol. The lowest BCUT2D eigenvalue weighted by Crippen LogP contribution is -2.29. The van der Waals surface area contributed by atoms with Crippen molar-refractivity contribution in [2.24, 2.45) is 23.7 Å². The Balaban J connectivity index is 1.47. The molecule has 0 aliphatic heterocycles. The summed E-state index contributed by atoms with van der Waals surface area (Å²) in [5, 5.41) is 3.21. The molecule has 1 amide bonds. The second-order valence-electron chi connectivity index (χ2n) is 6.44. The van der Waals surface area contributed by atoms with Gasteiger partial charge in [-0.25, -0.2) is 0 Å². The molecule has 1 aromatic carbocycles. The molecule has 4 nitrogen and oxygen atoms in total. The van der Waals surface area contributed by atoms with Crippen molar-refractivity contribution in [3.8, 4) is 5.75 Å². The Hall–Kier alpha value is -1.71. The number of carbonyl (C=O) groups excluding carboxylic acids is 1. The van der Waals surface area contributed by atoms with Crippen molar-refractivity contribution in [1.82, 2.24) is 5.32 Å². The van der Waals surface area contributed by atoms with Gasteiger partial charge in [0.2, 0.25) is 0 Å². The fourth-order valence-electron chi connectivity index (χ4n) is 4.61. The van der Waals surface area contributed by atoms with Gasteiger partial charge in [0, 0.05) is 11.6 Å². The fraction of sp³-hybridized carbons (Fsp3) is 0.562. The third kappa shape index (κ3) is 1.63. The molecule has 3 aliphatic carbocycles. The number of anilines is 1. The standard InChI is InChI=1S/C16H20N2O2/c1-20-12-7-10(4-5-11(12)17)16(19)18-15-13-8-2-3-9(6-8)14(13)15/h4-5,7-9,13-15H,2-3,6,17H2,1H3,(H,18,19). The van der Waals surface area contributed by atoms with E-state index in [9.17, 15) is 4.79 Å². The third-order valence-electron chi connectivity index (χ3n) is 5.53. The minimum Gasteiger partial charge on any atom is -0.495 e. The Bertz CT molecular complexity index is 556. The lowest BCUT2D eigenvalue weighted by molar-refractivity contribution is 0.0944. The van der Waals surface area contributed by atoms with Crippen molar-refractivity contribution >= 4 is 11.6 Å². The molecule has 3 N–H and O–H groups in total. The highest BCUT2D eigenvalue weighted by Gasteiger charge is 2.65. The second-order valence-corrected chi connectivity index (χ2v) is 6.44. The van der Waals surface area contributed by atoms with Crippen LogP contribution in [0.3, 0.4) is 0 Å². The first-order chi connectivity index (χ1) is 9.69. The largest absolute Gasteiger partial charge is 0.495 e. The lowest BCUT2D eigenvalue weighted by atomic mass is 10.0. The Morgan fingerprint density at radius 2 is 2.00 bits per heavy atom. The van der Waals surface area contributed by atoms with E-state index in [1.165, 1.54) is 19.3 Å². The predicted molar refractivity (Wildman–Crippen MR) is 76.5 cm³/mol. The van der Waals surface area contributed by atoms with Gasteiger partial charge in [-0.1, -0.05) is 0 Å². The summed E-state index contributed by atoms with van der Waals surface area (Å²) in [4.78, 5) is 12.3. The fourth-order valence-corrected chi connectivity index (χ4v) is 4.61. The Morgan fingerprint density at radius 3 is 2.65 bits per heavy atom. The number of benzene rings is 1. The molecule has 0 saturated heterocycles. The number of ether oxygens (including phenoxy) is 1. The highest BCUT2D eigenvalue weighted by Crippen LogP contribution is 2.65. The van der Waals surface area contributed by atoms with E-state index < -0.39 is 0 Å². The molecular weight excluding hydrogens is 252 g/mol. The van der Waals surface area contributed by atoms with Crippen LogP contribution in [0.25, 0.3) is 0 Å². The maximum absolute atomic E-state index is 12.3. The zero-order chi connectivity index (χ0) is 13.9. The van der Waals surface area contributed by atoms with Crippen LogP contribution in [-0.2, 0) is 0 Å².